The Morgan fingerprint density at radius 2 is 1.76 bits per heavy atom. The second-order valence-corrected chi connectivity index (χ2v) is 3.65. The van der Waals surface area contributed by atoms with Crippen molar-refractivity contribution in [2.45, 2.75) is 20.1 Å². The number of rotatable bonds is 6. The van der Waals surface area contributed by atoms with Gasteiger partial charge < -0.3 is 4.74 Å². The van der Waals surface area contributed by atoms with Gasteiger partial charge in [0, 0.05) is 13.3 Å². The highest BCUT2D eigenvalue weighted by Crippen LogP contribution is 2.06. The normalized spacial score (nSPS) is 12.1. The van der Waals surface area contributed by atoms with E-state index in [2.05, 4.69) is 29.3 Å². The molecule has 0 radical (unpaired) electrons. The van der Waals surface area contributed by atoms with E-state index in [4.69, 9.17) is 4.74 Å². The molecule has 1 rings (SSSR count). The van der Waals surface area contributed by atoms with E-state index in [9.17, 15) is 0 Å². The van der Waals surface area contributed by atoms with Crippen LogP contribution in [0.25, 0.3) is 0 Å². The van der Waals surface area contributed by atoms with Crippen LogP contribution in [-0.2, 0) is 17.9 Å². The predicted molar refractivity (Wildman–Crippen MR) is 73.3 cm³/mol. The van der Waals surface area contributed by atoms with E-state index in [1.54, 1.807) is 7.11 Å². The van der Waals surface area contributed by atoms with Crippen molar-refractivity contribution in [2.24, 2.45) is 4.99 Å². The van der Waals surface area contributed by atoms with Gasteiger partial charge in [-0.3, -0.25) is 4.99 Å². The molecule has 0 atom stereocenters. The molecule has 0 spiro atoms. The lowest BCUT2D eigenvalue weighted by atomic mass is 10.1. The third-order valence-corrected chi connectivity index (χ3v) is 2.21. The number of ether oxygens (including phenoxy) is 1. The highest BCUT2D eigenvalue weighted by molar-refractivity contribution is 5.71. The molecule has 0 amide bonds. The number of hydrogen-bond donors (Lipinski definition) is 0. The first kappa shape index (κ1) is 13.4. The van der Waals surface area contributed by atoms with Crippen molar-refractivity contribution in [3.63, 3.8) is 0 Å². The predicted octanol–water partition coefficient (Wildman–Crippen LogP) is 3.54. The molecule has 0 saturated carbocycles. The maximum absolute atomic E-state index is 5.06. The average Bonchev–Trinajstić information content (AvgIpc) is 2.36. The second kappa shape index (κ2) is 8.48. The quantitative estimate of drug-likeness (QED) is 0.540. The summed E-state index contributed by atoms with van der Waals surface area (Å²) in [6.45, 7) is 3.37. The molecule has 0 aromatic heterocycles. The third-order valence-electron chi connectivity index (χ3n) is 2.21. The number of methoxy groups -OCH3 is 1. The number of allylic oxidation sites excluding steroid dienone is 4. The molecule has 0 aliphatic rings. The van der Waals surface area contributed by atoms with Crippen LogP contribution < -0.4 is 0 Å². The Bertz CT molecular complexity index is 388. The van der Waals surface area contributed by atoms with E-state index < -0.39 is 0 Å². The zero-order valence-corrected chi connectivity index (χ0v) is 10.5. The first-order valence-corrected chi connectivity index (χ1v) is 5.71. The zero-order valence-electron chi connectivity index (χ0n) is 10.5. The van der Waals surface area contributed by atoms with Gasteiger partial charge in [-0.25, -0.2) is 0 Å². The summed E-state index contributed by atoms with van der Waals surface area (Å²) >= 11 is 0. The first-order valence-electron chi connectivity index (χ1n) is 5.71. The van der Waals surface area contributed by atoms with Gasteiger partial charge in [0.15, 0.2) is 0 Å². The van der Waals surface area contributed by atoms with E-state index in [1.807, 2.05) is 37.4 Å². The molecule has 0 N–H and O–H groups in total. The van der Waals surface area contributed by atoms with E-state index >= 15 is 0 Å². The smallest absolute Gasteiger partial charge is 0.0713 e. The lowest BCUT2D eigenvalue weighted by Crippen LogP contribution is -1.88. The molecule has 0 aliphatic heterocycles. The molecule has 1 aromatic carbocycles. The zero-order chi connectivity index (χ0) is 12.3. The summed E-state index contributed by atoms with van der Waals surface area (Å²) in [5, 5.41) is 0. The number of nitrogens with zero attached hydrogens (tertiary/aromatic N) is 1. The van der Waals surface area contributed by atoms with Crippen LogP contribution in [0.2, 0.25) is 0 Å². The summed E-state index contributed by atoms with van der Waals surface area (Å²) in [6.07, 6.45) is 9.68. The van der Waals surface area contributed by atoms with Crippen LogP contribution in [-0.4, -0.2) is 13.3 Å². The summed E-state index contributed by atoms with van der Waals surface area (Å²) in [5.74, 6) is 0. The molecule has 0 aliphatic carbocycles. The highest BCUT2D eigenvalue weighted by Gasteiger charge is 1.92. The molecule has 1 aromatic rings. The van der Waals surface area contributed by atoms with Gasteiger partial charge in [0.1, 0.15) is 0 Å². The molecule has 0 bridgehead atoms. The van der Waals surface area contributed by atoms with E-state index in [1.165, 1.54) is 11.1 Å². The van der Waals surface area contributed by atoms with Crippen molar-refractivity contribution >= 4 is 6.21 Å². The van der Waals surface area contributed by atoms with Crippen molar-refractivity contribution in [1.29, 1.82) is 0 Å². The van der Waals surface area contributed by atoms with E-state index in [-0.39, 0.29) is 0 Å². The van der Waals surface area contributed by atoms with Gasteiger partial charge in [-0.2, -0.15) is 0 Å². The number of benzene rings is 1. The summed E-state index contributed by atoms with van der Waals surface area (Å²) in [4.78, 5) is 4.31. The van der Waals surface area contributed by atoms with Crippen molar-refractivity contribution in [3.8, 4) is 0 Å². The minimum Gasteiger partial charge on any atom is -0.380 e. The van der Waals surface area contributed by atoms with E-state index in [0.29, 0.717) is 13.2 Å². The fourth-order valence-electron chi connectivity index (χ4n) is 1.35. The first-order chi connectivity index (χ1) is 8.36. The Labute approximate surface area is 103 Å². The fraction of sp³-hybridized carbons (Fsp3) is 0.267. The molecular weight excluding hydrogens is 210 g/mol. The van der Waals surface area contributed by atoms with Gasteiger partial charge >= 0.3 is 0 Å². The lowest BCUT2D eigenvalue weighted by Gasteiger charge is -2.00. The number of aliphatic imine (C=N–C) groups is 1. The van der Waals surface area contributed by atoms with Crippen LogP contribution in [0.15, 0.2) is 53.6 Å². The van der Waals surface area contributed by atoms with Crippen LogP contribution in [0.5, 0.6) is 0 Å². The summed E-state index contributed by atoms with van der Waals surface area (Å²) < 4.78 is 5.06. The van der Waals surface area contributed by atoms with Crippen molar-refractivity contribution in [2.75, 3.05) is 7.11 Å². The molecule has 0 heterocycles. The highest BCUT2D eigenvalue weighted by atomic mass is 16.5. The topological polar surface area (TPSA) is 21.6 Å². The van der Waals surface area contributed by atoms with Crippen LogP contribution in [0.1, 0.15) is 18.1 Å². The maximum atomic E-state index is 5.06. The van der Waals surface area contributed by atoms with Gasteiger partial charge in [-0.05, 0) is 24.1 Å². The van der Waals surface area contributed by atoms with Gasteiger partial charge in [-0.1, -0.05) is 42.5 Å². The monoisotopic (exact) mass is 229 g/mol. The molecule has 2 heteroatoms. The fourth-order valence-corrected chi connectivity index (χ4v) is 1.35. The summed E-state index contributed by atoms with van der Waals surface area (Å²) in [5.41, 5.74) is 2.40. The van der Waals surface area contributed by atoms with Crippen molar-refractivity contribution in [1.82, 2.24) is 0 Å². The summed E-state index contributed by atoms with van der Waals surface area (Å²) in [6, 6.07) is 8.32. The Balaban J connectivity index is 2.41. The Kier molecular flexibility index (Phi) is 6.68. The molecule has 0 fully saturated rings. The second-order valence-electron chi connectivity index (χ2n) is 3.65. The molecule has 2 nitrogen and oxygen atoms in total. The van der Waals surface area contributed by atoms with Crippen LogP contribution in [0.3, 0.4) is 0 Å². The third kappa shape index (κ3) is 5.83. The number of hydrogen-bond acceptors (Lipinski definition) is 2. The SMILES string of the molecule is C/C=C\C=C/C=NCc1ccc(COC)cc1. The Morgan fingerprint density at radius 1 is 1.06 bits per heavy atom. The van der Waals surface area contributed by atoms with Gasteiger partial charge in [-0.15, -0.1) is 0 Å². The van der Waals surface area contributed by atoms with Crippen LogP contribution in [0, 0.1) is 0 Å². The molecule has 0 saturated heterocycles. The molecular formula is C15H19NO. The summed E-state index contributed by atoms with van der Waals surface area (Å²) in [7, 11) is 1.70. The molecule has 90 valence electrons. The Morgan fingerprint density at radius 3 is 2.41 bits per heavy atom. The van der Waals surface area contributed by atoms with Gasteiger partial charge in [0.25, 0.3) is 0 Å². The maximum Gasteiger partial charge on any atom is 0.0713 e. The largest absolute Gasteiger partial charge is 0.380 e. The van der Waals surface area contributed by atoms with Crippen LogP contribution >= 0.6 is 0 Å². The van der Waals surface area contributed by atoms with Gasteiger partial charge in [0.05, 0.1) is 13.2 Å². The minimum absolute atomic E-state index is 0.662. The van der Waals surface area contributed by atoms with Gasteiger partial charge in [0.2, 0.25) is 0 Å². The average molecular weight is 229 g/mol. The lowest BCUT2D eigenvalue weighted by molar-refractivity contribution is 0.185. The minimum atomic E-state index is 0.662. The standard InChI is InChI=1S/C15H19NO/c1-3-4-5-6-11-16-12-14-7-9-15(10-8-14)13-17-2/h3-11H,12-13H2,1-2H3/b4-3-,6-5-,16-11?. The molecule has 17 heavy (non-hydrogen) atoms. The van der Waals surface area contributed by atoms with E-state index in [0.717, 1.165) is 0 Å². The van der Waals surface area contributed by atoms with Crippen LogP contribution in [0.4, 0.5) is 0 Å². The Hall–Kier alpha value is -1.67. The van der Waals surface area contributed by atoms with Crippen molar-refractivity contribution < 1.29 is 4.74 Å². The van der Waals surface area contributed by atoms with Crippen molar-refractivity contribution in [3.05, 3.63) is 59.7 Å². The molecule has 0 unspecified atom stereocenters.